The summed E-state index contributed by atoms with van der Waals surface area (Å²) in [5, 5.41) is 12.5. The van der Waals surface area contributed by atoms with E-state index in [0.717, 1.165) is 44.9 Å². The molecule has 4 nitrogen and oxygen atoms in total. The fourth-order valence-electron chi connectivity index (χ4n) is 6.74. The smallest absolute Gasteiger partial charge is 0.186 e. The molecule has 0 aliphatic heterocycles. The van der Waals surface area contributed by atoms with Gasteiger partial charge in [0.1, 0.15) is 11.5 Å². The zero-order valence-corrected chi connectivity index (χ0v) is 14.2. The number of nitrogens with zero attached hydrogens (tertiary/aromatic N) is 1. The molecule has 4 fully saturated rings. The Bertz CT molecular complexity index is 597. The van der Waals surface area contributed by atoms with Crippen molar-refractivity contribution in [3.63, 3.8) is 0 Å². The molecule has 6 atom stereocenters. The van der Waals surface area contributed by atoms with Gasteiger partial charge in [0.25, 0.3) is 0 Å². The normalized spacial score (nSPS) is 51.3. The maximum Gasteiger partial charge on any atom is 0.186 e. The molecule has 4 saturated carbocycles. The van der Waals surface area contributed by atoms with Crippen LogP contribution < -0.4 is 0 Å². The maximum atomic E-state index is 12.6. The van der Waals surface area contributed by atoms with E-state index in [9.17, 15) is 14.8 Å². The number of carbonyl (C=O) groups excluding carboxylic acids is 2. The predicted octanol–water partition coefficient (Wildman–Crippen LogP) is 3.61. The van der Waals surface area contributed by atoms with Crippen LogP contribution >= 0.6 is 0 Å². The van der Waals surface area contributed by atoms with Gasteiger partial charge in [0, 0.05) is 24.7 Å². The summed E-state index contributed by atoms with van der Waals surface area (Å²) in [5.41, 5.74) is 0.334. The minimum absolute atomic E-state index is 0.0783. The molecule has 0 aromatic heterocycles. The van der Waals surface area contributed by atoms with Crippen LogP contribution in [0.4, 0.5) is 0 Å². The SMILES string of the molecule is C[C@]12CCC(=O)C[C@@H]1CC[C@@H]1[C@@H]2CC[C@]2(C)C(=O)/C(=N/O)C[C@@H]12. The van der Waals surface area contributed by atoms with Gasteiger partial charge in [0.05, 0.1) is 0 Å². The van der Waals surface area contributed by atoms with E-state index in [2.05, 4.69) is 19.0 Å². The molecule has 0 spiro atoms. The second-order valence-electron chi connectivity index (χ2n) is 8.94. The third-order valence-electron chi connectivity index (χ3n) is 8.19. The van der Waals surface area contributed by atoms with Crippen LogP contribution in [0.25, 0.3) is 0 Å². The second-order valence-corrected chi connectivity index (χ2v) is 8.94. The van der Waals surface area contributed by atoms with Crippen molar-refractivity contribution in [3.8, 4) is 0 Å². The van der Waals surface area contributed by atoms with Crippen LogP contribution in [-0.4, -0.2) is 22.5 Å². The van der Waals surface area contributed by atoms with Gasteiger partial charge < -0.3 is 5.21 Å². The van der Waals surface area contributed by atoms with E-state index in [1.54, 1.807) is 0 Å². The van der Waals surface area contributed by atoms with Gasteiger partial charge in [-0.2, -0.15) is 0 Å². The van der Waals surface area contributed by atoms with Crippen molar-refractivity contribution >= 4 is 17.3 Å². The summed E-state index contributed by atoms with van der Waals surface area (Å²) in [7, 11) is 0. The van der Waals surface area contributed by atoms with Crippen LogP contribution in [0.1, 0.15) is 65.2 Å². The Balaban J connectivity index is 1.67. The molecule has 23 heavy (non-hydrogen) atoms. The first-order valence-corrected chi connectivity index (χ1v) is 9.17. The van der Waals surface area contributed by atoms with E-state index in [1.165, 1.54) is 0 Å². The summed E-state index contributed by atoms with van der Waals surface area (Å²) < 4.78 is 0. The third kappa shape index (κ3) is 1.93. The van der Waals surface area contributed by atoms with Crippen LogP contribution in [0, 0.1) is 34.5 Å². The quantitative estimate of drug-likeness (QED) is 0.548. The molecule has 0 unspecified atom stereocenters. The van der Waals surface area contributed by atoms with Gasteiger partial charge in [-0.05, 0) is 61.2 Å². The van der Waals surface area contributed by atoms with Gasteiger partial charge >= 0.3 is 0 Å². The van der Waals surface area contributed by atoms with E-state index in [0.29, 0.717) is 41.6 Å². The van der Waals surface area contributed by atoms with Gasteiger partial charge in [-0.25, -0.2) is 0 Å². The minimum atomic E-state index is -0.323. The molecule has 0 saturated heterocycles. The lowest BCUT2D eigenvalue weighted by atomic mass is 9.45. The lowest BCUT2D eigenvalue weighted by Gasteiger charge is -2.59. The molecular weight excluding hydrogens is 290 g/mol. The summed E-state index contributed by atoms with van der Waals surface area (Å²) in [6.45, 7) is 4.49. The summed E-state index contributed by atoms with van der Waals surface area (Å²) in [6.07, 6.45) is 7.42. The van der Waals surface area contributed by atoms with Gasteiger partial charge in [-0.1, -0.05) is 19.0 Å². The second kappa shape index (κ2) is 4.90. The van der Waals surface area contributed by atoms with Gasteiger partial charge in [-0.15, -0.1) is 0 Å². The number of oxime groups is 1. The number of hydrogen-bond acceptors (Lipinski definition) is 4. The van der Waals surface area contributed by atoms with Crippen molar-refractivity contribution in [1.82, 2.24) is 0 Å². The fraction of sp³-hybridized carbons (Fsp3) is 0.842. The summed E-state index contributed by atoms with van der Waals surface area (Å²) >= 11 is 0. The molecule has 0 radical (unpaired) electrons. The number of Topliss-reactive ketones (excluding diaryl/α,β-unsaturated/α-hetero) is 2. The molecule has 0 aromatic carbocycles. The zero-order valence-electron chi connectivity index (χ0n) is 14.2. The molecule has 4 rings (SSSR count). The highest BCUT2D eigenvalue weighted by molar-refractivity contribution is 6.43. The Morgan fingerprint density at radius 1 is 1.04 bits per heavy atom. The first-order valence-electron chi connectivity index (χ1n) is 9.17. The Morgan fingerprint density at radius 3 is 2.57 bits per heavy atom. The predicted molar refractivity (Wildman–Crippen MR) is 86.3 cm³/mol. The average molecular weight is 317 g/mol. The highest BCUT2D eigenvalue weighted by Gasteiger charge is 2.61. The number of fused-ring (bicyclic) bond motifs is 5. The average Bonchev–Trinajstić information content (AvgIpc) is 2.79. The number of ketones is 2. The lowest BCUT2D eigenvalue weighted by molar-refractivity contribution is -0.143. The van der Waals surface area contributed by atoms with Crippen molar-refractivity contribution in [2.45, 2.75) is 65.2 Å². The van der Waals surface area contributed by atoms with Crippen molar-refractivity contribution in [3.05, 3.63) is 0 Å². The standard InChI is InChI=1S/C19H27NO3/c1-18-7-5-12(21)9-11(18)3-4-13-14(18)6-8-19(2)15(13)10-16(20-23)17(19)22/h11,13-15,23H,3-10H2,1-2H3/b20-16+/t11-,13+,14-,15-,18-,19-/m0/s1. The lowest BCUT2D eigenvalue weighted by Crippen LogP contribution is -2.53. The van der Waals surface area contributed by atoms with Crippen molar-refractivity contribution in [1.29, 1.82) is 0 Å². The van der Waals surface area contributed by atoms with E-state index in [1.807, 2.05) is 0 Å². The number of hydrogen-bond donors (Lipinski definition) is 1. The highest BCUT2D eigenvalue weighted by Crippen LogP contribution is 2.64. The molecule has 4 aliphatic rings. The van der Waals surface area contributed by atoms with Crippen LogP contribution in [0.3, 0.4) is 0 Å². The van der Waals surface area contributed by atoms with Gasteiger partial charge in [0.15, 0.2) is 5.78 Å². The summed E-state index contributed by atoms with van der Waals surface area (Å²) in [4.78, 5) is 24.5. The van der Waals surface area contributed by atoms with E-state index in [4.69, 9.17) is 0 Å². The van der Waals surface area contributed by atoms with Gasteiger partial charge in [0.2, 0.25) is 0 Å². The molecule has 0 aromatic rings. The van der Waals surface area contributed by atoms with E-state index >= 15 is 0 Å². The molecule has 126 valence electrons. The van der Waals surface area contributed by atoms with Crippen LogP contribution in [0.5, 0.6) is 0 Å². The highest BCUT2D eigenvalue weighted by atomic mass is 16.4. The van der Waals surface area contributed by atoms with Crippen molar-refractivity contribution in [2.75, 3.05) is 0 Å². The van der Waals surface area contributed by atoms with Crippen molar-refractivity contribution < 1.29 is 14.8 Å². The molecular formula is C19H27NO3. The number of rotatable bonds is 0. The molecule has 0 heterocycles. The largest absolute Gasteiger partial charge is 0.411 e. The molecule has 0 bridgehead atoms. The Morgan fingerprint density at radius 2 is 1.83 bits per heavy atom. The summed E-state index contributed by atoms with van der Waals surface area (Å²) in [5.74, 6) is 2.56. The van der Waals surface area contributed by atoms with Crippen LogP contribution in [0.2, 0.25) is 0 Å². The molecule has 0 amide bonds. The summed E-state index contributed by atoms with van der Waals surface area (Å²) in [6, 6.07) is 0. The van der Waals surface area contributed by atoms with Crippen LogP contribution in [-0.2, 0) is 9.59 Å². The first kappa shape index (κ1) is 15.3. The van der Waals surface area contributed by atoms with E-state index in [-0.39, 0.29) is 16.6 Å². The zero-order chi connectivity index (χ0) is 16.4. The fourth-order valence-corrected chi connectivity index (χ4v) is 6.74. The number of carbonyl (C=O) groups is 2. The van der Waals surface area contributed by atoms with Gasteiger partial charge in [-0.3, -0.25) is 9.59 Å². The molecule has 1 N–H and O–H groups in total. The maximum absolute atomic E-state index is 12.6. The Labute approximate surface area is 137 Å². The van der Waals surface area contributed by atoms with Crippen LogP contribution in [0.15, 0.2) is 5.16 Å². The van der Waals surface area contributed by atoms with E-state index < -0.39 is 0 Å². The minimum Gasteiger partial charge on any atom is -0.411 e. The topological polar surface area (TPSA) is 66.7 Å². The third-order valence-corrected chi connectivity index (χ3v) is 8.19. The molecule has 4 heteroatoms. The van der Waals surface area contributed by atoms with Crippen molar-refractivity contribution in [2.24, 2.45) is 39.7 Å². The Hall–Kier alpha value is -1.19. The Kier molecular flexibility index (Phi) is 3.27. The molecule has 4 aliphatic carbocycles. The monoisotopic (exact) mass is 317 g/mol. The first-order chi connectivity index (χ1) is 10.9.